The molecule has 2 heterocycles. The van der Waals surface area contributed by atoms with Crippen molar-refractivity contribution in [2.75, 3.05) is 43.5 Å². The van der Waals surface area contributed by atoms with Crippen molar-refractivity contribution in [2.24, 2.45) is 0 Å². The molecule has 1 fully saturated rings. The molecule has 178 valence electrons. The number of hydrogen-bond donors (Lipinski definition) is 1. The first-order valence-corrected chi connectivity index (χ1v) is 11.8. The van der Waals surface area contributed by atoms with Gasteiger partial charge in [-0.2, -0.15) is 0 Å². The number of nitrogens with zero attached hydrogens (tertiary/aromatic N) is 4. The van der Waals surface area contributed by atoms with Gasteiger partial charge in [-0.1, -0.05) is 29.8 Å². The fourth-order valence-electron chi connectivity index (χ4n) is 4.31. The summed E-state index contributed by atoms with van der Waals surface area (Å²) in [5.41, 5.74) is 5.31. The summed E-state index contributed by atoms with van der Waals surface area (Å²) in [4.78, 5) is 26.6. The minimum absolute atomic E-state index is 0.0563. The van der Waals surface area contributed by atoms with Crippen LogP contribution in [-0.4, -0.2) is 54.2 Å². The van der Waals surface area contributed by atoms with Gasteiger partial charge in [0.1, 0.15) is 17.4 Å². The minimum atomic E-state index is -0.0563. The maximum absolute atomic E-state index is 12.9. The lowest BCUT2D eigenvalue weighted by molar-refractivity contribution is 0.215. The Hall–Kier alpha value is -3.61. The molecule has 0 unspecified atom stereocenters. The number of carbonyl (C=O) groups is 1. The Labute approximate surface area is 201 Å². The first-order chi connectivity index (χ1) is 16.4. The van der Waals surface area contributed by atoms with E-state index in [0.717, 1.165) is 60.3 Å². The molecule has 1 aromatic heterocycles. The number of benzene rings is 2. The van der Waals surface area contributed by atoms with Crippen LogP contribution >= 0.6 is 0 Å². The molecule has 3 aromatic rings. The van der Waals surface area contributed by atoms with Crippen LogP contribution in [-0.2, 0) is 6.42 Å². The number of amides is 2. The van der Waals surface area contributed by atoms with Crippen molar-refractivity contribution in [1.29, 1.82) is 0 Å². The molecule has 0 spiro atoms. The molecular formula is C27H33N5O2. The maximum Gasteiger partial charge on any atom is 0.321 e. The van der Waals surface area contributed by atoms with Gasteiger partial charge in [-0.25, -0.2) is 14.8 Å². The summed E-state index contributed by atoms with van der Waals surface area (Å²) in [7, 11) is 1.68. The van der Waals surface area contributed by atoms with E-state index in [4.69, 9.17) is 9.72 Å². The van der Waals surface area contributed by atoms with E-state index in [1.54, 1.807) is 7.11 Å². The number of carbonyl (C=O) groups excluding carboxylic acids is 1. The summed E-state index contributed by atoms with van der Waals surface area (Å²) in [5.74, 6) is 2.59. The van der Waals surface area contributed by atoms with Crippen LogP contribution in [0.5, 0.6) is 5.75 Å². The average Bonchev–Trinajstić information content (AvgIpc) is 3.09. The number of aryl methyl sites for hydroxylation is 3. The molecule has 0 aliphatic carbocycles. The number of aromatic nitrogens is 2. The molecular weight excluding hydrogens is 426 g/mol. The first kappa shape index (κ1) is 23.5. The van der Waals surface area contributed by atoms with Crippen molar-refractivity contribution >= 4 is 17.5 Å². The zero-order valence-corrected chi connectivity index (χ0v) is 20.5. The quantitative estimate of drug-likeness (QED) is 0.596. The smallest absolute Gasteiger partial charge is 0.321 e. The van der Waals surface area contributed by atoms with Crippen LogP contribution in [0.1, 0.15) is 34.6 Å². The lowest BCUT2D eigenvalue weighted by atomic mass is 10.0. The van der Waals surface area contributed by atoms with Gasteiger partial charge in [-0.15, -0.1) is 0 Å². The zero-order chi connectivity index (χ0) is 24.1. The summed E-state index contributed by atoms with van der Waals surface area (Å²) in [6.45, 7) is 8.96. The van der Waals surface area contributed by atoms with Crippen LogP contribution in [0.4, 0.5) is 16.3 Å². The van der Waals surface area contributed by atoms with E-state index in [9.17, 15) is 4.79 Å². The maximum atomic E-state index is 12.9. The van der Waals surface area contributed by atoms with Crippen LogP contribution in [0.15, 0.2) is 48.5 Å². The Morgan fingerprint density at radius 2 is 1.68 bits per heavy atom. The predicted molar refractivity (Wildman–Crippen MR) is 136 cm³/mol. The van der Waals surface area contributed by atoms with Crippen molar-refractivity contribution < 1.29 is 9.53 Å². The largest absolute Gasteiger partial charge is 0.497 e. The number of anilines is 2. The second-order valence-electron chi connectivity index (χ2n) is 8.81. The molecule has 2 aromatic carbocycles. The van der Waals surface area contributed by atoms with E-state index in [2.05, 4.69) is 34.3 Å². The molecule has 1 N–H and O–H groups in total. The zero-order valence-electron chi connectivity index (χ0n) is 20.5. The Morgan fingerprint density at radius 1 is 0.941 bits per heavy atom. The van der Waals surface area contributed by atoms with Gasteiger partial charge >= 0.3 is 6.03 Å². The monoisotopic (exact) mass is 459 g/mol. The van der Waals surface area contributed by atoms with Gasteiger partial charge in [0.25, 0.3) is 0 Å². The fourth-order valence-corrected chi connectivity index (χ4v) is 4.31. The second-order valence-corrected chi connectivity index (χ2v) is 8.81. The molecule has 2 amide bonds. The third-order valence-electron chi connectivity index (χ3n) is 6.23. The average molecular weight is 460 g/mol. The second kappa shape index (κ2) is 10.5. The van der Waals surface area contributed by atoms with Gasteiger partial charge in [0.05, 0.1) is 7.11 Å². The van der Waals surface area contributed by atoms with Gasteiger partial charge in [0, 0.05) is 49.5 Å². The van der Waals surface area contributed by atoms with Crippen molar-refractivity contribution in [3.8, 4) is 5.75 Å². The number of ether oxygens (including phenoxy) is 1. The van der Waals surface area contributed by atoms with Gasteiger partial charge in [-0.05, 0) is 57.0 Å². The molecule has 7 nitrogen and oxygen atoms in total. The van der Waals surface area contributed by atoms with Crippen LogP contribution in [0.2, 0.25) is 0 Å². The normalized spacial score (nSPS) is 14.0. The number of methoxy groups -OCH3 is 1. The highest BCUT2D eigenvalue weighted by Crippen LogP contribution is 2.26. The van der Waals surface area contributed by atoms with Gasteiger partial charge in [0.2, 0.25) is 0 Å². The molecule has 0 radical (unpaired) electrons. The van der Waals surface area contributed by atoms with E-state index < -0.39 is 0 Å². The molecule has 0 atom stereocenters. The number of urea groups is 1. The summed E-state index contributed by atoms with van der Waals surface area (Å²) >= 11 is 0. The molecule has 34 heavy (non-hydrogen) atoms. The van der Waals surface area contributed by atoms with E-state index in [1.165, 1.54) is 11.1 Å². The number of nitrogens with one attached hydrogen (secondary N) is 1. The molecule has 7 heteroatoms. The van der Waals surface area contributed by atoms with Crippen LogP contribution in [0, 0.1) is 20.8 Å². The van der Waals surface area contributed by atoms with E-state index in [1.807, 2.05) is 55.1 Å². The van der Waals surface area contributed by atoms with Crippen LogP contribution in [0.25, 0.3) is 0 Å². The summed E-state index contributed by atoms with van der Waals surface area (Å²) in [5, 5.41) is 3.03. The van der Waals surface area contributed by atoms with Gasteiger partial charge in [0.15, 0.2) is 0 Å². The Balaban J connectivity index is 1.49. The van der Waals surface area contributed by atoms with E-state index >= 15 is 0 Å². The Morgan fingerprint density at radius 3 is 2.38 bits per heavy atom. The topological polar surface area (TPSA) is 70.6 Å². The molecule has 1 aliphatic heterocycles. The first-order valence-electron chi connectivity index (χ1n) is 11.8. The lowest BCUT2D eigenvalue weighted by Crippen LogP contribution is -2.38. The van der Waals surface area contributed by atoms with Crippen LogP contribution in [0.3, 0.4) is 0 Å². The van der Waals surface area contributed by atoms with Crippen molar-refractivity contribution in [1.82, 2.24) is 14.9 Å². The number of hydrogen-bond acceptors (Lipinski definition) is 5. The standard InChI is InChI=1S/C27H33N5O2/c1-19-6-10-23(11-7-19)30-27(33)32-15-5-14-31(16-17-32)26-25(20(2)28-21(3)29-26)18-22-8-12-24(34-4)13-9-22/h6-13H,5,14-18H2,1-4H3,(H,30,33). The predicted octanol–water partition coefficient (Wildman–Crippen LogP) is 4.75. The highest BCUT2D eigenvalue weighted by molar-refractivity contribution is 5.89. The highest BCUT2D eigenvalue weighted by Gasteiger charge is 2.23. The molecule has 0 bridgehead atoms. The summed E-state index contributed by atoms with van der Waals surface area (Å²) in [6.07, 6.45) is 1.63. The fraction of sp³-hybridized carbons (Fsp3) is 0.370. The third-order valence-corrected chi connectivity index (χ3v) is 6.23. The summed E-state index contributed by atoms with van der Waals surface area (Å²) in [6, 6.07) is 16.0. The minimum Gasteiger partial charge on any atom is -0.497 e. The molecule has 0 saturated carbocycles. The Bertz CT molecular complexity index is 1130. The third kappa shape index (κ3) is 5.65. The molecule has 4 rings (SSSR count). The SMILES string of the molecule is COc1ccc(Cc2c(C)nc(C)nc2N2CCCN(C(=O)Nc3ccc(C)cc3)CC2)cc1. The van der Waals surface area contributed by atoms with Crippen molar-refractivity contribution in [3.05, 3.63) is 76.7 Å². The van der Waals surface area contributed by atoms with Crippen LogP contribution < -0.4 is 15.0 Å². The van der Waals surface area contributed by atoms with Gasteiger partial charge in [-0.3, -0.25) is 0 Å². The Kier molecular flexibility index (Phi) is 7.30. The van der Waals surface area contributed by atoms with E-state index in [-0.39, 0.29) is 6.03 Å². The van der Waals surface area contributed by atoms with E-state index in [0.29, 0.717) is 13.1 Å². The highest BCUT2D eigenvalue weighted by atomic mass is 16.5. The lowest BCUT2D eigenvalue weighted by Gasteiger charge is -2.26. The van der Waals surface area contributed by atoms with Crippen molar-refractivity contribution in [2.45, 2.75) is 33.6 Å². The molecule has 1 saturated heterocycles. The number of rotatable bonds is 5. The summed E-state index contributed by atoms with van der Waals surface area (Å²) < 4.78 is 5.29. The van der Waals surface area contributed by atoms with Crippen molar-refractivity contribution in [3.63, 3.8) is 0 Å². The molecule has 1 aliphatic rings. The van der Waals surface area contributed by atoms with Gasteiger partial charge < -0.3 is 19.9 Å².